The Bertz CT molecular complexity index is 1360. The van der Waals surface area contributed by atoms with E-state index in [0.717, 1.165) is 5.56 Å². The van der Waals surface area contributed by atoms with Crippen LogP contribution in [0.5, 0.6) is 0 Å². The Kier molecular flexibility index (Phi) is 6.42. The van der Waals surface area contributed by atoms with Crippen LogP contribution < -0.4 is 10.9 Å². The summed E-state index contributed by atoms with van der Waals surface area (Å²) in [5, 5.41) is 7.90. The lowest BCUT2D eigenvalue weighted by Gasteiger charge is -2.07. The van der Waals surface area contributed by atoms with Gasteiger partial charge in [-0.15, -0.1) is 0 Å². The first-order valence-corrected chi connectivity index (χ1v) is 10.2. The molecule has 0 radical (unpaired) electrons. The second kappa shape index (κ2) is 9.57. The second-order valence-electron chi connectivity index (χ2n) is 7.06. The SMILES string of the molecule is O=C(/C=C/c1ccccc1Cl)NCCn1ncc2c(=O)n(Cc3cccc(F)c3)cnc21. The Morgan fingerprint density at radius 1 is 1.19 bits per heavy atom. The van der Waals surface area contributed by atoms with Gasteiger partial charge in [0, 0.05) is 17.6 Å². The van der Waals surface area contributed by atoms with Gasteiger partial charge in [0.15, 0.2) is 5.65 Å². The number of amides is 1. The summed E-state index contributed by atoms with van der Waals surface area (Å²) in [5.41, 5.74) is 1.57. The molecule has 0 fully saturated rings. The van der Waals surface area contributed by atoms with Crippen LogP contribution in [0.25, 0.3) is 17.1 Å². The van der Waals surface area contributed by atoms with Crippen LogP contribution in [-0.4, -0.2) is 31.8 Å². The molecule has 0 spiro atoms. The number of halogens is 2. The number of hydrogen-bond acceptors (Lipinski definition) is 4. The molecule has 0 bridgehead atoms. The van der Waals surface area contributed by atoms with Gasteiger partial charge in [0.25, 0.3) is 5.56 Å². The van der Waals surface area contributed by atoms with Crippen LogP contribution >= 0.6 is 11.6 Å². The Morgan fingerprint density at radius 2 is 2.03 bits per heavy atom. The van der Waals surface area contributed by atoms with Crippen LogP contribution in [-0.2, 0) is 17.9 Å². The molecule has 162 valence electrons. The van der Waals surface area contributed by atoms with Crippen molar-refractivity contribution >= 4 is 34.6 Å². The van der Waals surface area contributed by atoms with Crippen LogP contribution in [0.4, 0.5) is 4.39 Å². The predicted molar refractivity (Wildman–Crippen MR) is 121 cm³/mol. The Hall–Kier alpha value is -3.78. The minimum atomic E-state index is -0.360. The fraction of sp³-hybridized carbons (Fsp3) is 0.130. The number of hydrogen-bond donors (Lipinski definition) is 1. The number of carbonyl (C=O) groups is 1. The molecule has 7 nitrogen and oxygen atoms in total. The summed E-state index contributed by atoms with van der Waals surface area (Å²) in [4.78, 5) is 29.1. The molecule has 2 aromatic carbocycles. The van der Waals surface area contributed by atoms with Crippen LogP contribution in [0.1, 0.15) is 11.1 Å². The summed E-state index contributed by atoms with van der Waals surface area (Å²) in [5.74, 6) is -0.632. The largest absolute Gasteiger partial charge is 0.351 e. The number of nitrogens with one attached hydrogen (secondary N) is 1. The molecule has 0 aliphatic rings. The molecule has 4 rings (SSSR count). The zero-order valence-corrected chi connectivity index (χ0v) is 17.7. The predicted octanol–water partition coefficient (Wildman–Crippen LogP) is 3.26. The van der Waals surface area contributed by atoms with Crippen LogP contribution in [0, 0.1) is 5.82 Å². The van der Waals surface area contributed by atoms with Crippen molar-refractivity contribution in [3.63, 3.8) is 0 Å². The molecular weight excluding hydrogens is 433 g/mol. The number of carbonyl (C=O) groups excluding carboxylic acids is 1. The fourth-order valence-corrected chi connectivity index (χ4v) is 3.42. The van der Waals surface area contributed by atoms with Crippen molar-refractivity contribution < 1.29 is 9.18 Å². The summed E-state index contributed by atoms with van der Waals surface area (Å²) in [6, 6.07) is 13.3. The summed E-state index contributed by atoms with van der Waals surface area (Å²) in [6.45, 7) is 0.852. The zero-order chi connectivity index (χ0) is 22.5. The molecule has 0 saturated heterocycles. The summed E-state index contributed by atoms with van der Waals surface area (Å²) in [6.07, 6.45) is 5.92. The van der Waals surface area contributed by atoms with Gasteiger partial charge >= 0.3 is 0 Å². The quantitative estimate of drug-likeness (QED) is 0.437. The molecule has 0 atom stereocenters. The maximum atomic E-state index is 13.4. The van der Waals surface area contributed by atoms with Gasteiger partial charge in [-0.2, -0.15) is 5.10 Å². The van der Waals surface area contributed by atoms with Crippen molar-refractivity contribution in [3.8, 4) is 0 Å². The average Bonchev–Trinajstić information content (AvgIpc) is 3.19. The van der Waals surface area contributed by atoms with Gasteiger partial charge in [-0.05, 0) is 35.4 Å². The molecule has 32 heavy (non-hydrogen) atoms. The second-order valence-corrected chi connectivity index (χ2v) is 7.47. The highest BCUT2D eigenvalue weighted by Gasteiger charge is 2.11. The third-order valence-corrected chi connectivity index (χ3v) is 5.15. The highest BCUT2D eigenvalue weighted by Crippen LogP contribution is 2.16. The lowest BCUT2D eigenvalue weighted by Crippen LogP contribution is -2.26. The van der Waals surface area contributed by atoms with E-state index in [0.29, 0.717) is 34.7 Å². The first kappa shape index (κ1) is 21.5. The van der Waals surface area contributed by atoms with Crippen molar-refractivity contribution in [2.45, 2.75) is 13.1 Å². The highest BCUT2D eigenvalue weighted by molar-refractivity contribution is 6.32. The monoisotopic (exact) mass is 451 g/mol. The molecule has 1 N–H and O–H groups in total. The molecule has 0 aliphatic carbocycles. The number of rotatable bonds is 7. The summed E-state index contributed by atoms with van der Waals surface area (Å²) in [7, 11) is 0. The minimum Gasteiger partial charge on any atom is -0.351 e. The molecule has 2 heterocycles. The van der Waals surface area contributed by atoms with E-state index in [2.05, 4.69) is 15.4 Å². The number of benzene rings is 2. The number of aromatic nitrogens is 4. The van der Waals surface area contributed by atoms with E-state index in [1.54, 1.807) is 29.0 Å². The van der Waals surface area contributed by atoms with Gasteiger partial charge in [0.2, 0.25) is 5.91 Å². The lowest BCUT2D eigenvalue weighted by atomic mass is 10.2. The minimum absolute atomic E-state index is 0.207. The third kappa shape index (κ3) is 4.92. The van der Waals surface area contributed by atoms with Crippen LogP contribution in [0.15, 0.2) is 71.9 Å². The molecule has 0 unspecified atom stereocenters. The summed E-state index contributed by atoms with van der Waals surface area (Å²) < 4.78 is 16.4. The summed E-state index contributed by atoms with van der Waals surface area (Å²) >= 11 is 6.07. The van der Waals surface area contributed by atoms with E-state index >= 15 is 0 Å². The molecule has 4 aromatic rings. The topological polar surface area (TPSA) is 81.8 Å². The lowest BCUT2D eigenvalue weighted by molar-refractivity contribution is -0.116. The maximum absolute atomic E-state index is 13.4. The molecule has 2 aromatic heterocycles. The van der Waals surface area contributed by atoms with Gasteiger partial charge in [0.05, 0.1) is 19.3 Å². The first-order valence-electron chi connectivity index (χ1n) is 9.87. The van der Waals surface area contributed by atoms with Gasteiger partial charge in [-0.25, -0.2) is 14.1 Å². The van der Waals surface area contributed by atoms with E-state index in [1.807, 2.05) is 18.2 Å². The molecular formula is C23H19ClFN5O2. The van der Waals surface area contributed by atoms with E-state index in [9.17, 15) is 14.0 Å². The van der Waals surface area contributed by atoms with Gasteiger partial charge in [-0.1, -0.05) is 41.9 Å². The Morgan fingerprint density at radius 3 is 2.84 bits per heavy atom. The van der Waals surface area contributed by atoms with E-state index in [1.165, 1.54) is 35.3 Å². The fourth-order valence-electron chi connectivity index (χ4n) is 3.23. The first-order chi connectivity index (χ1) is 15.5. The highest BCUT2D eigenvalue weighted by atomic mass is 35.5. The van der Waals surface area contributed by atoms with Crippen molar-refractivity contribution in [1.29, 1.82) is 0 Å². The average molecular weight is 452 g/mol. The van der Waals surface area contributed by atoms with Crippen LogP contribution in [0.2, 0.25) is 5.02 Å². The van der Waals surface area contributed by atoms with Crippen molar-refractivity contribution in [1.82, 2.24) is 24.6 Å². The van der Waals surface area contributed by atoms with Gasteiger partial charge in [0.1, 0.15) is 17.5 Å². The number of nitrogens with zero attached hydrogens (tertiary/aromatic N) is 4. The van der Waals surface area contributed by atoms with Gasteiger partial charge < -0.3 is 5.32 Å². The molecule has 0 saturated carbocycles. The Balaban J connectivity index is 1.40. The smallest absolute Gasteiger partial charge is 0.264 e. The van der Waals surface area contributed by atoms with Crippen molar-refractivity contribution in [2.75, 3.05) is 6.54 Å². The molecule has 0 aliphatic heterocycles. The normalized spacial score (nSPS) is 11.3. The standard InChI is InChI=1S/C23H19ClFN5O2/c24-20-7-2-1-5-17(20)8-9-21(31)26-10-11-30-22-19(13-28-30)23(32)29(15-27-22)14-16-4-3-6-18(25)12-16/h1-9,12-13,15H,10-11,14H2,(H,26,31)/b9-8+. The van der Waals surface area contributed by atoms with Crippen molar-refractivity contribution in [3.05, 3.63) is 99.5 Å². The molecule has 1 amide bonds. The van der Waals surface area contributed by atoms with E-state index < -0.39 is 0 Å². The Labute approximate surface area is 187 Å². The van der Waals surface area contributed by atoms with E-state index in [4.69, 9.17) is 11.6 Å². The maximum Gasteiger partial charge on any atom is 0.264 e. The molecule has 9 heteroatoms. The third-order valence-electron chi connectivity index (χ3n) is 4.81. The van der Waals surface area contributed by atoms with E-state index in [-0.39, 0.29) is 23.8 Å². The number of fused-ring (bicyclic) bond motifs is 1. The van der Waals surface area contributed by atoms with Gasteiger partial charge in [-0.3, -0.25) is 14.2 Å². The van der Waals surface area contributed by atoms with Crippen molar-refractivity contribution in [2.24, 2.45) is 0 Å². The van der Waals surface area contributed by atoms with Crippen LogP contribution in [0.3, 0.4) is 0 Å². The zero-order valence-electron chi connectivity index (χ0n) is 16.9.